The molecule has 2 N–H and O–H groups in total. The van der Waals surface area contributed by atoms with Crippen LogP contribution in [-0.2, 0) is 23.1 Å². The van der Waals surface area contributed by atoms with Gasteiger partial charge in [-0.25, -0.2) is 8.42 Å². The SMILES string of the molecule is CN(c1c2c(c(O)c3ncccc13)C(=O)N(Cc1cc(Cl)ccc1O)C2)S(C)(=O)=O. The standard InChI is InChI=1S/C20H18ClN3O5S/c1-23(30(2,28)29)18-13-4-3-7-22-17(13)19(26)16-14(18)10-24(20(16)27)9-11-8-12(21)5-6-15(11)25/h3-8,25-26H,9-10H2,1-2H3. The van der Waals surface area contributed by atoms with Crippen molar-refractivity contribution in [2.24, 2.45) is 0 Å². The van der Waals surface area contributed by atoms with E-state index in [0.29, 0.717) is 27.2 Å². The molecule has 0 saturated heterocycles. The molecule has 0 radical (unpaired) electrons. The number of benzene rings is 2. The summed E-state index contributed by atoms with van der Waals surface area (Å²) >= 11 is 6.00. The van der Waals surface area contributed by atoms with Crippen LogP contribution in [0.15, 0.2) is 36.5 Å². The number of carbonyl (C=O) groups is 1. The first-order valence-electron chi connectivity index (χ1n) is 8.92. The fourth-order valence-electron chi connectivity index (χ4n) is 3.67. The van der Waals surface area contributed by atoms with Gasteiger partial charge in [-0.15, -0.1) is 0 Å². The number of aromatic nitrogens is 1. The Morgan fingerprint density at radius 1 is 1.27 bits per heavy atom. The average molecular weight is 448 g/mol. The maximum absolute atomic E-state index is 13.1. The van der Waals surface area contributed by atoms with E-state index in [0.717, 1.165) is 10.6 Å². The van der Waals surface area contributed by atoms with E-state index in [1.807, 2.05) is 0 Å². The van der Waals surface area contributed by atoms with Gasteiger partial charge in [0.15, 0.2) is 5.75 Å². The minimum absolute atomic E-state index is 0.00761. The summed E-state index contributed by atoms with van der Waals surface area (Å²) in [5.74, 6) is -0.806. The van der Waals surface area contributed by atoms with Gasteiger partial charge in [-0.05, 0) is 30.3 Å². The molecule has 0 aliphatic carbocycles. The number of pyridine rings is 1. The molecule has 1 aromatic heterocycles. The van der Waals surface area contributed by atoms with E-state index >= 15 is 0 Å². The van der Waals surface area contributed by atoms with Crippen LogP contribution in [0.1, 0.15) is 21.5 Å². The number of phenolic OH excluding ortho intramolecular Hbond substituents is 2. The highest BCUT2D eigenvalue weighted by atomic mass is 35.5. The number of carbonyl (C=O) groups excluding carboxylic acids is 1. The van der Waals surface area contributed by atoms with Gasteiger partial charge in [0, 0.05) is 41.3 Å². The Morgan fingerprint density at radius 2 is 2.00 bits per heavy atom. The number of hydrogen-bond donors (Lipinski definition) is 2. The highest BCUT2D eigenvalue weighted by Gasteiger charge is 2.37. The molecule has 2 heterocycles. The Labute approximate surface area is 178 Å². The van der Waals surface area contributed by atoms with Gasteiger partial charge in [0.05, 0.1) is 24.1 Å². The Balaban J connectivity index is 1.90. The molecule has 30 heavy (non-hydrogen) atoms. The third kappa shape index (κ3) is 3.20. The van der Waals surface area contributed by atoms with E-state index in [-0.39, 0.29) is 35.7 Å². The van der Waals surface area contributed by atoms with Crippen LogP contribution in [0.5, 0.6) is 11.5 Å². The zero-order valence-corrected chi connectivity index (χ0v) is 17.7. The molecule has 2 aromatic carbocycles. The van der Waals surface area contributed by atoms with E-state index in [2.05, 4.69) is 4.98 Å². The summed E-state index contributed by atoms with van der Waals surface area (Å²) in [7, 11) is -2.26. The average Bonchev–Trinajstić information content (AvgIpc) is 3.00. The number of sulfonamides is 1. The van der Waals surface area contributed by atoms with Crippen LogP contribution in [0.2, 0.25) is 5.02 Å². The van der Waals surface area contributed by atoms with Crippen LogP contribution in [0, 0.1) is 0 Å². The number of aromatic hydroxyl groups is 2. The van der Waals surface area contributed by atoms with Gasteiger partial charge in [0.25, 0.3) is 5.91 Å². The lowest BCUT2D eigenvalue weighted by molar-refractivity contribution is 0.0764. The lowest BCUT2D eigenvalue weighted by Gasteiger charge is -2.22. The van der Waals surface area contributed by atoms with Crippen LogP contribution < -0.4 is 4.31 Å². The quantitative estimate of drug-likeness (QED) is 0.636. The van der Waals surface area contributed by atoms with Crippen molar-refractivity contribution in [1.82, 2.24) is 9.88 Å². The fourth-order valence-corrected chi connectivity index (χ4v) is 4.41. The first-order valence-corrected chi connectivity index (χ1v) is 11.1. The van der Waals surface area contributed by atoms with Crippen LogP contribution in [0.4, 0.5) is 5.69 Å². The van der Waals surface area contributed by atoms with E-state index in [4.69, 9.17) is 11.6 Å². The Kier molecular flexibility index (Phi) is 4.74. The second kappa shape index (κ2) is 7.03. The van der Waals surface area contributed by atoms with Crippen molar-refractivity contribution in [2.45, 2.75) is 13.1 Å². The van der Waals surface area contributed by atoms with Gasteiger partial charge in [0.2, 0.25) is 10.0 Å². The summed E-state index contributed by atoms with van der Waals surface area (Å²) in [5, 5.41) is 21.7. The van der Waals surface area contributed by atoms with Gasteiger partial charge < -0.3 is 15.1 Å². The first-order chi connectivity index (χ1) is 14.1. The summed E-state index contributed by atoms with van der Waals surface area (Å²) in [4.78, 5) is 18.7. The van der Waals surface area contributed by atoms with Crippen molar-refractivity contribution in [2.75, 3.05) is 17.6 Å². The monoisotopic (exact) mass is 447 g/mol. The fraction of sp³-hybridized carbons (Fsp3) is 0.200. The van der Waals surface area contributed by atoms with E-state index in [1.54, 1.807) is 18.2 Å². The number of halogens is 1. The van der Waals surface area contributed by atoms with Crippen molar-refractivity contribution >= 4 is 44.1 Å². The largest absolute Gasteiger partial charge is 0.508 e. The second-order valence-corrected chi connectivity index (χ2v) is 9.57. The molecule has 4 rings (SSSR count). The smallest absolute Gasteiger partial charge is 0.258 e. The molecule has 0 saturated carbocycles. The normalized spacial score (nSPS) is 13.7. The summed E-state index contributed by atoms with van der Waals surface area (Å²) < 4.78 is 25.7. The molecule has 156 valence electrons. The maximum Gasteiger partial charge on any atom is 0.258 e. The Morgan fingerprint density at radius 3 is 2.70 bits per heavy atom. The maximum atomic E-state index is 13.1. The first kappa shape index (κ1) is 20.2. The van der Waals surface area contributed by atoms with E-state index in [1.165, 1.54) is 30.3 Å². The molecule has 0 bridgehead atoms. The van der Waals surface area contributed by atoms with Crippen LogP contribution >= 0.6 is 11.6 Å². The topological polar surface area (TPSA) is 111 Å². The molecule has 0 spiro atoms. The molecule has 0 fully saturated rings. The number of phenols is 2. The molecule has 3 aromatic rings. The van der Waals surface area contributed by atoms with E-state index in [9.17, 15) is 23.4 Å². The number of hydrogen-bond acceptors (Lipinski definition) is 6. The molecule has 1 aliphatic rings. The van der Waals surface area contributed by atoms with Crippen LogP contribution in [0.3, 0.4) is 0 Å². The highest BCUT2D eigenvalue weighted by Crippen LogP contribution is 2.44. The molecular formula is C20H18ClN3O5S. The van der Waals surface area contributed by atoms with Crippen LogP contribution in [0.25, 0.3) is 10.9 Å². The van der Waals surface area contributed by atoms with E-state index < -0.39 is 15.9 Å². The Bertz CT molecular complexity index is 1310. The number of nitrogens with zero attached hydrogens (tertiary/aromatic N) is 3. The molecule has 0 atom stereocenters. The highest BCUT2D eigenvalue weighted by molar-refractivity contribution is 7.92. The van der Waals surface area contributed by atoms with Gasteiger partial charge in [0.1, 0.15) is 11.3 Å². The van der Waals surface area contributed by atoms with Crippen molar-refractivity contribution in [3.63, 3.8) is 0 Å². The van der Waals surface area contributed by atoms with Crippen molar-refractivity contribution in [1.29, 1.82) is 0 Å². The number of fused-ring (bicyclic) bond motifs is 2. The van der Waals surface area contributed by atoms with Crippen LogP contribution in [-0.4, -0.2) is 47.7 Å². The minimum Gasteiger partial charge on any atom is -0.508 e. The van der Waals surface area contributed by atoms with Gasteiger partial charge in [-0.2, -0.15) is 0 Å². The molecular weight excluding hydrogens is 430 g/mol. The molecule has 10 heteroatoms. The van der Waals surface area contributed by atoms with Crippen molar-refractivity contribution < 1.29 is 23.4 Å². The summed E-state index contributed by atoms with van der Waals surface area (Å²) in [6, 6.07) is 7.80. The summed E-state index contributed by atoms with van der Waals surface area (Å²) in [6.45, 7) is 0.0822. The predicted octanol–water partition coefficient (Wildman–Crippen LogP) is 2.85. The van der Waals surface area contributed by atoms with Gasteiger partial charge in [-0.3, -0.25) is 14.1 Å². The zero-order chi connectivity index (χ0) is 21.8. The van der Waals surface area contributed by atoms with Gasteiger partial charge >= 0.3 is 0 Å². The zero-order valence-electron chi connectivity index (χ0n) is 16.1. The minimum atomic E-state index is -3.65. The van der Waals surface area contributed by atoms with Gasteiger partial charge in [-0.1, -0.05) is 11.6 Å². The molecule has 1 aliphatic heterocycles. The lowest BCUT2D eigenvalue weighted by Crippen LogP contribution is -2.26. The molecule has 1 amide bonds. The Hall–Kier alpha value is -3.04. The number of rotatable bonds is 4. The summed E-state index contributed by atoms with van der Waals surface area (Å²) in [5.41, 5.74) is 1.26. The van der Waals surface area contributed by atoms with Crippen molar-refractivity contribution in [3.05, 3.63) is 58.2 Å². The predicted molar refractivity (Wildman–Crippen MR) is 113 cm³/mol. The molecule has 0 unspecified atom stereocenters. The molecule has 8 nitrogen and oxygen atoms in total. The second-order valence-electron chi connectivity index (χ2n) is 7.12. The lowest BCUT2D eigenvalue weighted by atomic mass is 10.0. The van der Waals surface area contributed by atoms with Crippen molar-refractivity contribution in [3.8, 4) is 11.5 Å². The summed E-state index contributed by atoms with van der Waals surface area (Å²) in [6.07, 6.45) is 2.52. The third-order valence-electron chi connectivity index (χ3n) is 5.18. The number of anilines is 1. The third-order valence-corrected chi connectivity index (χ3v) is 6.59. The number of amides is 1.